The van der Waals surface area contributed by atoms with Crippen LogP contribution in [0.2, 0.25) is 0 Å². The lowest BCUT2D eigenvalue weighted by Gasteiger charge is -2.07. The Hall–Kier alpha value is -2.36. The summed E-state index contributed by atoms with van der Waals surface area (Å²) in [5.74, 6) is -0.00672. The summed E-state index contributed by atoms with van der Waals surface area (Å²) in [6.07, 6.45) is 4.35. The number of carbonyl (C=O) groups is 1. The lowest BCUT2D eigenvalue weighted by molar-refractivity contribution is -0.119. The van der Waals surface area contributed by atoms with Gasteiger partial charge in [-0.05, 0) is 30.2 Å². The second kappa shape index (κ2) is 7.16. The van der Waals surface area contributed by atoms with E-state index in [1.807, 2.05) is 48.7 Å². The molecule has 0 bridgehead atoms. The number of nitrogens with zero attached hydrogens (tertiary/aromatic N) is 1. The van der Waals surface area contributed by atoms with Crippen molar-refractivity contribution in [2.75, 3.05) is 18.4 Å². The number of aromatic nitrogens is 1. The second-order valence-electron chi connectivity index (χ2n) is 4.18. The maximum atomic E-state index is 11.6. The number of hydrogen-bond acceptors (Lipinski definition) is 3. The lowest BCUT2D eigenvalue weighted by atomic mass is 10.2. The Morgan fingerprint density at radius 3 is 2.68 bits per heavy atom. The third kappa shape index (κ3) is 4.79. The lowest BCUT2D eigenvalue weighted by Crippen LogP contribution is -2.31. The van der Waals surface area contributed by atoms with E-state index in [9.17, 15) is 4.79 Å². The zero-order chi connectivity index (χ0) is 13.3. The minimum absolute atomic E-state index is 0.00672. The van der Waals surface area contributed by atoms with Gasteiger partial charge < -0.3 is 10.6 Å². The highest BCUT2D eigenvalue weighted by Gasteiger charge is 2.00. The molecule has 1 aromatic heterocycles. The molecular weight excluding hydrogens is 238 g/mol. The first-order chi connectivity index (χ1) is 9.34. The van der Waals surface area contributed by atoms with Crippen LogP contribution in [0.1, 0.15) is 5.56 Å². The molecule has 0 atom stereocenters. The molecule has 0 aliphatic carbocycles. The van der Waals surface area contributed by atoms with E-state index in [1.165, 1.54) is 0 Å². The average Bonchev–Trinajstić information content (AvgIpc) is 2.47. The summed E-state index contributed by atoms with van der Waals surface area (Å²) in [5.41, 5.74) is 2.07. The van der Waals surface area contributed by atoms with Crippen LogP contribution in [0.3, 0.4) is 0 Å². The molecule has 19 heavy (non-hydrogen) atoms. The third-order valence-corrected chi connectivity index (χ3v) is 2.69. The Bertz CT molecular complexity index is 499. The topological polar surface area (TPSA) is 54.0 Å². The molecule has 0 saturated carbocycles. The smallest absolute Gasteiger partial charge is 0.239 e. The van der Waals surface area contributed by atoms with Crippen LogP contribution in [-0.2, 0) is 11.2 Å². The van der Waals surface area contributed by atoms with E-state index >= 15 is 0 Å². The van der Waals surface area contributed by atoms with Gasteiger partial charge in [-0.15, -0.1) is 0 Å². The van der Waals surface area contributed by atoms with Crippen LogP contribution >= 0.6 is 0 Å². The molecule has 0 aliphatic rings. The first-order valence-electron chi connectivity index (χ1n) is 6.29. The highest BCUT2D eigenvalue weighted by atomic mass is 16.1. The van der Waals surface area contributed by atoms with Crippen LogP contribution < -0.4 is 10.6 Å². The van der Waals surface area contributed by atoms with Gasteiger partial charge in [0.1, 0.15) is 0 Å². The minimum atomic E-state index is -0.00672. The van der Waals surface area contributed by atoms with E-state index in [2.05, 4.69) is 15.6 Å². The summed E-state index contributed by atoms with van der Waals surface area (Å²) in [6, 6.07) is 13.6. The molecule has 1 aromatic carbocycles. The van der Waals surface area contributed by atoms with Crippen LogP contribution in [0.25, 0.3) is 0 Å². The Kier molecular flexibility index (Phi) is 4.93. The molecule has 2 N–H and O–H groups in total. The van der Waals surface area contributed by atoms with Gasteiger partial charge >= 0.3 is 0 Å². The number of amides is 1. The van der Waals surface area contributed by atoms with Gasteiger partial charge in [0.15, 0.2) is 0 Å². The number of anilines is 1. The first-order valence-corrected chi connectivity index (χ1v) is 6.29. The van der Waals surface area contributed by atoms with Crippen LogP contribution in [0.5, 0.6) is 0 Å². The van der Waals surface area contributed by atoms with Crippen LogP contribution in [0, 0.1) is 0 Å². The predicted molar refractivity (Wildman–Crippen MR) is 75.9 cm³/mol. The number of para-hydroxylation sites is 1. The highest BCUT2D eigenvalue weighted by molar-refractivity contribution is 5.80. The number of pyridine rings is 1. The molecule has 2 aromatic rings. The summed E-state index contributed by atoms with van der Waals surface area (Å²) in [7, 11) is 0. The molecule has 0 spiro atoms. The maximum absolute atomic E-state index is 11.6. The molecule has 0 aliphatic heterocycles. The Balaban J connectivity index is 1.65. The molecule has 4 nitrogen and oxygen atoms in total. The van der Waals surface area contributed by atoms with Crippen molar-refractivity contribution in [2.24, 2.45) is 0 Å². The molecule has 4 heteroatoms. The van der Waals surface area contributed by atoms with Gasteiger partial charge in [-0.25, -0.2) is 0 Å². The summed E-state index contributed by atoms with van der Waals surface area (Å²) in [5, 5.41) is 5.94. The van der Waals surface area contributed by atoms with E-state index < -0.39 is 0 Å². The number of carbonyl (C=O) groups excluding carboxylic acids is 1. The van der Waals surface area contributed by atoms with Crippen molar-refractivity contribution < 1.29 is 4.79 Å². The predicted octanol–water partition coefficient (Wildman–Crippen LogP) is 1.85. The fraction of sp³-hybridized carbons (Fsp3) is 0.200. The van der Waals surface area contributed by atoms with Crippen molar-refractivity contribution >= 4 is 11.6 Å². The summed E-state index contributed by atoms with van der Waals surface area (Å²) in [6.45, 7) is 0.915. The number of rotatable bonds is 6. The summed E-state index contributed by atoms with van der Waals surface area (Å²) < 4.78 is 0. The third-order valence-electron chi connectivity index (χ3n) is 2.69. The molecule has 1 heterocycles. The van der Waals surface area contributed by atoms with E-state index in [0.717, 1.165) is 17.7 Å². The average molecular weight is 255 g/mol. The van der Waals surface area contributed by atoms with Gasteiger partial charge in [0.25, 0.3) is 0 Å². The van der Waals surface area contributed by atoms with Crippen molar-refractivity contribution in [1.29, 1.82) is 0 Å². The second-order valence-corrected chi connectivity index (χ2v) is 4.18. The normalized spacial score (nSPS) is 9.89. The molecule has 2 rings (SSSR count). The number of nitrogens with one attached hydrogen (secondary N) is 2. The van der Waals surface area contributed by atoms with Crippen molar-refractivity contribution in [3.05, 3.63) is 60.4 Å². The molecule has 0 unspecified atom stereocenters. The van der Waals surface area contributed by atoms with Gasteiger partial charge in [0.2, 0.25) is 5.91 Å². The van der Waals surface area contributed by atoms with Crippen molar-refractivity contribution in [3.63, 3.8) is 0 Å². The maximum Gasteiger partial charge on any atom is 0.239 e. The minimum Gasteiger partial charge on any atom is -0.376 e. The van der Waals surface area contributed by atoms with Gasteiger partial charge in [-0.1, -0.05) is 24.3 Å². The molecule has 98 valence electrons. The first kappa shape index (κ1) is 13.1. The monoisotopic (exact) mass is 255 g/mol. The number of hydrogen-bond donors (Lipinski definition) is 2. The molecule has 0 fully saturated rings. The fourth-order valence-electron chi connectivity index (χ4n) is 1.69. The van der Waals surface area contributed by atoms with Gasteiger partial charge in [0.05, 0.1) is 6.54 Å². The van der Waals surface area contributed by atoms with Crippen LogP contribution in [0.4, 0.5) is 5.69 Å². The molecule has 0 saturated heterocycles. The van der Waals surface area contributed by atoms with Crippen LogP contribution in [0.15, 0.2) is 54.9 Å². The van der Waals surface area contributed by atoms with Gasteiger partial charge in [-0.3, -0.25) is 9.78 Å². The van der Waals surface area contributed by atoms with Gasteiger partial charge in [-0.2, -0.15) is 0 Å². The largest absolute Gasteiger partial charge is 0.376 e. The Labute approximate surface area is 112 Å². The van der Waals surface area contributed by atoms with E-state index in [0.29, 0.717) is 6.54 Å². The van der Waals surface area contributed by atoms with E-state index in [4.69, 9.17) is 0 Å². The highest BCUT2D eigenvalue weighted by Crippen LogP contribution is 2.03. The SMILES string of the molecule is O=C(CNc1ccccc1)NCCc1cccnc1. The number of benzene rings is 1. The van der Waals surface area contributed by atoms with Crippen LogP contribution in [-0.4, -0.2) is 24.0 Å². The summed E-state index contributed by atoms with van der Waals surface area (Å²) in [4.78, 5) is 15.7. The Morgan fingerprint density at radius 1 is 1.11 bits per heavy atom. The Morgan fingerprint density at radius 2 is 1.95 bits per heavy atom. The fourth-order valence-corrected chi connectivity index (χ4v) is 1.69. The quantitative estimate of drug-likeness (QED) is 0.828. The molecule has 0 radical (unpaired) electrons. The molecular formula is C15H17N3O. The standard InChI is InChI=1S/C15H17N3O/c19-15(12-18-14-6-2-1-3-7-14)17-10-8-13-5-4-9-16-11-13/h1-7,9,11,18H,8,10,12H2,(H,17,19). The van der Waals surface area contributed by atoms with Crippen molar-refractivity contribution in [2.45, 2.75) is 6.42 Å². The van der Waals surface area contributed by atoms with Gasteiger partial charge in [0, 0.05) is 24.6 Å². The van der Waals surface area contributed by atoms with E-state index in [1.54, 1.807) is 6.20 Å². The zero-order valence-corrected chi connectivity index (χ0v) is 10.7. The van der Waals surface area contributed by atoms with Crippen molar-refractivity contribution in [3.8, 4) is 0 Å². The van der Waals surface area contributed by atoms with E-state index in [-0.39, 0.29) is 12.5 Å². The summed E-state index contributed by atoms with van der Waals surface area (Å²) >= 11 is 0. The van der Waals surface area contributed by atoms with Crippen molar-refractivity contribution in [1.82, 2.24) is 10.3 Å². The zero-order valence-electron chi connectivity index (χ0n) is 10.7. The molecule has 1 amide bonds.